The summed E-state index contributed by atoms with van der Waals surface area (Å²) in [5.74, 6) is 0. The number of fused-ring (bicyclic) bond motifs is 2. The predicted octanol–water partition coefficient (Wildman–Crippen LogP) is 4.95. The molecule has 0 saturated heterocycles. The number of alkyl halides is 3. The fourth-order valence-corrected chi connectivity index (χ4v) is 3.33. The van der Waals surface area contributed by atoms with E-state index >= 15 is 0 Å². The largest absolute Gasteiger partial charge is 0.433 e. The lowest BCUT2D eigenvalue weighted by molar-refractivity contribution is -0.143. The lowest BCUT2D eigenvalue weighted by Gasteiger charge is -2.20. The summed E-state index contributed by atoms with van der Waals surface area (Å²) < 4.78 is 41.9. The summed E-state index contributed by atoms with van der Waals surface area (Å²) in [4.78, 5) is 4.43. The molecule has 0 N–H and O–H groups in total. The number of hydrogen-bond donors (Lipinski definition) is 0. The van der Waals surface area contributed by atoms with E-state index in [1.165, 1.54) is 0 Å². The number of benzene rings is 1. The fourth-order valence-electron chi connectivity index (χ4n) is 3.20. The van der Waals surface area contributed by atoms with Crippen molar-refractivity contribution in [2.45, 2.75) is 31.9 Å². The zero-order valence-corrected chi connectivity index (χ0v) is 13.3. The Labute approximate surface area is 141 Å². The molecular weight excluding hydrogens is 339 g/mol. The zero-order valence-electron chi connectivity index (χ0n) is 12.6. The van der Waals surface area contributed by atoms with Crippen molar-refractivity contribution < 1.29 is 13.2 Å². The van der Waals surface area contributed by atoms with Crippen LogP contribution >= 0.6 is 11.6 Å². The molecule has 4 rings (SSSR count). The Balaban J connectivity index is 1.97. The molecule has 0 fully saturated rings. The van der Waals surface area contributed by atoms with E-state index in [2.05, 4.69) is 10.1 Å². The van der Waals surface area contributed by atoms with Gasteiger partial charge in [-0.3, -0.25) is 0 Å². The highest BCUT2D eigenvalue weighted by molar-refractivity contribution is 6.30. The second kappa shape index (κ2) is 5.48. The van der Waals surface area contributed by atoms with Crippen LogP contribution in [0, 0.1) is 0 Å². The highest BCUT2D eigenvalue weighted by Gasteiger charge is 2.39. The standard InChI is InChI=1S/C17H13ClF3N3/c18-11-7-5-10(6-8-11)14-9-15-22-13-4-2-1-3-12(13)16(17(19,20)21)24(15)23-14/h5-9H,1-4H2. The van der Waals surface area contributed by atoms with Crippen LogP contribution in [0.5, 0.6) is 0 Å². The third kappa shape index (κ3) is 2.55. The molecular formula is C17H13ClF3N3. The Morgan fingerprint density at radius 3 is 2.46 bits per heavy atom. The average molecular weight is 352 g/mol. The van der Waals surface area contributed by atoms with E-state index in [0.29, 0.717) is 34.8 Å². The lowest BCUT2D eigenvalue weighted by atomic mass is 9.94. The first-order valence-corrected chi connectivity index (χ1v) is 8.06. The van der Waals surface area contributed by atoms with Gasteiger partial charge in [-0.05, 0) is 37.8 Å². The first-order chi connectivity index (χ1) is 11.4. The Kier molecular flexibility index (Phi) is 3.53. The van der Waals surface area contributed by atoms with Crippen LogP contribution in [0.4, 0.5) is 13.2 Å². The topological polar surface area (TPSA) is 30.2 Å². The van der Waals surface area contributed by atoms with Gasteiger partial charge in [0, 0.05) is 27.9 Å². The molecule has 3 aromatic rings. The van der Waals surface area contributed by atoms with E-state index < -0.39 is 11.9 Å². The Morgan fingerprint density at radius 2 is 1.75 bits per heavy atom. The van der Waals surface area contributed by atoms with Crippen LogP contribution in [0.3, 0.4) is 0 Å². The van der Waals surface area contributed by atoms with Crippen molar-refractivity contribution in [2.24, 2.45) is 0 Å². The van der Waals surface area contributed by atoms with E-state index in [0.717, 1.165) is 17.4 Å². The third-order valence-corrected chi connectivity index (χ3v) is 4.54. The average Bonchev–Trinajstić information content (AvgIpc) is 2.95. The van der Waals surface area contributed by atoms with Gasteiger partial charge in [0.05, 0.1) is 5.69 Å². The van der Waals surface area contributed by atoms with Crippen molar-refractivity contribution in [1.29, 1.82) is 0 Å². The van der Waals surface area contributed by atoms with Crippen LogP contribution < -0.4 is 0 Å². The molecule has 1 aliphatic rings. The molecule has 0 bridgehead atoms. The smallest absolute Gasteiger partial charge is 0.233 e. The molecule has 0 radical (unpaired) electrons. The van der Waals surface area contributed by atoms with Gasteiger partial charge in [0.25, 0.3) is 0 Å². The van der Waals surface area contributed by atoms with Gasteiger partial charge in [0.15, 0.2) is 11.3 Å². The predicted molar refractivity (Wildman–Crippen MR) is 85.1 cm³/mol. The molecule has 0 spiro atoms. The molecule has 0 atom stereocenters. The van der Waals surface area contributed by atoms with Gasteiger partial charge < -0.3 is 0 Å². The summed E-state index contributed by atoms with van der Waals surface area (Å²) in [5.41, 5.74) is 1.52. The maximum atomic E-state index is 13.7. The van der Waals surface area contributed by atoms with Crippen molar-refractivity contribution >= 4 is 17.2 Å². The van der Waals surface area contributed by atoms with Crippen LogP contribution in [-0.4, -0.2) is 14.6 Å². The summed E-state index contributed by atoms with van der Waals surface area (Å²) >= 11 is 5.86. The molecule has 0 saturated carbocycles. The molecule has 0 aliphatic heterocycles. The van der Waals surface area contributed by atoms with Gasteiger partial charge in [0.2, 0.25) is 0 Å². The van der Waals surface area contributed by atoms with Crippen molar-refractivity contribution in [3.05, 3.63) is 52.3 Å². The lowest BCUT2D eigenvalue weighted by Crippen LogP contribution is -2.21. The quantitative estimate of drug-likeness (QED) is 0.621. The molecule has 0 amide bonds. The SMILES string of the molecule is FC(F)(F)c1c2c(nc3cc(-c4ccc(Cl)cc4)nn13)CCCC2. The van der Waals surface area contributed by atoms with Gasteiger partial charge >= 0.3 is 6.18 Å². The highest BCUT2D eigenvalue weighted by Crippen LogP contribution is 2.37. The first-order valence-electron chi connectivity index (χ1n) is 7.68. The van der Waals surface area contributed by atoms with Crippen molar-refractivity contribution in [3.8, 4) is 11.3 Å². The van der Waals surface area contributed by atoms with Gasteiger partial charge in [0.1, 0.15) is 0 Å². The molecule has 124 valence electrons. The van der Waals surface area contributed by atoms with Crippen LogP contribution in [0.25, 0.3) is 16.9 Å². The Bertz CT molecular complexity index is 913. The normalized spacial score (nSPS) is 14.8. The van der Waals surface area contributed by atoms with E-state index in [9.17, 15) is 13.2 Å². The molecule has 7 heteroatoms. The van der Waals surface area contributed by atoms with Gasteiger partial charge in [-0.25, -0.2) is 9.50 Å². The van der Waals surface area contributed by atoms with Crippen LogP contribution in [-0.2, 0) is 19.0 Å². The summed E-state index contributed by atoms with van der Waals surface area (Å²) in [5, 5.41) is 4.74. The maximum absolute atomic E-state index is 13.7. The van der Waals surface area contributed by atoms with Crippen molar-refractivity contribution in [1.82, 2.24) is 14.6 Å². The third-order valence-electron chi connectivity index (χ3n) is 4.28. The van der Waals surface area contributed by atoms with Gasteiger partial charge in [-0.2, -0.15) is 18.3 Å². The molecule has 3 nitrogen and oxygen atoms in total. The minimum Gasteiger partial charge on any atom is -0.233 e. The number of aryl methyl sites for hydroxylation is 1. The molecule has 24 heavy (non-hydrogen) atoms. The number of hydrogen-bond acceptors (Lipinski definition) is 2. The second-order valence-electron chi connectivity index (χ2n) is 5.90. The summed E-state index contributed by atoms with van der Waals surface area (Å²) in [6.07, 6.45) is -1.88. The van der Waals surface area contributed by atoms with Crippen LogP contribution in [0.2, 0.25) is 5.02 Å². The zero-order chi connectivity index (χ0) is 16.9. The van der Waals surface area contributed by atoms with E-state index in [1.807, 2.05) is 0 Å². The number of aromatic nitrogens is 3. The van der Waals surface area contributed by atoms with Crippen molar-refractivity contribution in [2.75, 3.05) is 0 Å². The summed E-state index contributed by atoms with van der Waals surface area (Å²) in [6, 6.07) is 8.43. The van der Waals surface area contributed by atoms with E-state index in [1.54, 1.807) is 30.3 Å². The monoisotopic (exact) mass is 351 g/mol. The Hall–Kier alpha value is -2.08. The molecule has 1 aliphatic carbocycles. The summed E-state index contributed by atoms with van der Waals surface area (Å²) in [6.45, 7) is 0. The minimum atomic E-state index is -4.47. The first kappa shape index (κ1) is 15.4. The summed E-state index contributed by atoms with van der Waals surface area (Å²) in [7, 11) is 0. The maximum Gasteiger partial charge on any atom is 0.433 e. The van der Waals surface area contributed by atoms with Gasteiger partial charge in [-0.1, -0.05) is 23.7 Å². The number of halogens is 4. The Morgan fingerprint density at radius 1 is 1.04 bits per heavy atom. The number of nitrogens with zero attached hydrogens (tertiary/aromatic N) is 3. The van der Waals surface area contributed by atoms with Gasteiger partial charge in [-0.15, -0.1) is 0 Å². The second-order valence-corrected chi connectivity index (χ2v) is 6.33. The number of rotatable bonds is 1. The molecule has 1 aromatic carbocycles. The van der Waals surface area contributed by atoms with Crippen molar-refractivity contribution in [3.63, 3.8) is 0 Å². The molecule has 2 aromatic heterocycles. The van der Waals surface area contributed by atoms with Crippen LogP contribution in [0.1, 0.15) is 29.8 Å². The highest BCUT2D eigenvalue weighted by atomic mass is 35.5. The molecule has 2 heterocycles. The van der Waals surface area contributed by atoms with Crippen LogP contribution in [0.15, 0.2) is 30.3 Å². The van der Waals surface area contributed by atoms with E-state index in [4.69, 9.17) is 11.6 Å². The minimum absolute atomic E-state index is 0.230. The fraction of sp³-hybridized carbons (Fsp3) is 0.294. The molecule has 0 unspecified atom stereocenters. The van der Waals surface area contributed by atoms with E-state index in [-0.39, 0.29) is 11.2 Å².